The lowest BCUT2D eigenvalue weighted by molar-refractivity contribution is -0.0283. The molecule has 1 spiro atoms. The molecule has 0 bridgehead atoms. The number of amides is 1. The summed E-state index contributed by atoms with van der Waals surface area (Å²) in [6.45, 7) is 5.84. The molecule has 1 saturated heterocycles. The smallest absolute Gasteiger partial charge is 0.274 e. The van der Waals surface area contributed by atoms with E-state index in [0.29, 0.717) is 25.4 Å². The molecule has 3 heterocycles. The minimum absolute atomic E-state index is 0.0301. The molecule has 5 heteroatoms. The number of ether oxygens (including phenoxy) is 1. The fraction of sp³-hybridized carbons (Fsp3) is 0.304. The Morgan fingerprint density at radius 1 is 1.18 bits per heavy atom. The van der Waals surface area contributed by atoms with E-state index < -0.39 is 0 Å². The highest BCUT2D eigenvalue weighted by atomic mass is 16.5. The average Bonchev–Trinajstić information content (AvgIpc) is 3.40. The molecule has 3 aromatic rings. The summed E-state index contributed by atoms with van der Waals surface area (Å²) in [4.78, 5) is 23.0. The molecule has 142 valence electrons. The lowest BCUT2D eigenvalue weighted by Crippen LogP contribution is -2.34. The molecule has 2 aliphatic rings. The molecule has 2 aliphatic heterocycles. The first-order valence-corrected chi connectivity index (χ1v) is 9.71. The van der Waals surface area contributed by atoms with Gasteiger partial charge in [-0.15, -0.1) is 0 Å². The number of aromatic nitrogens is 2. The second kappa shape index (κ2) is 6.31. The van der Waals surface area contributed by atoms with Gasteiger partial charge in [0, 0.05) is 17.8 Å². The first-order chi connectivity index (χ1) is 13.6. The lowest BCUT2D eigenvalue weighted by atomic mass is 9.92. The number of likely N-dealkylation sites (tertiary alicyclic amines) is 1. The summed E-state index contributed by atoms with van der Waals surface area (Å²) in [7, 11) is 0. The predicted molar refractivity (Wildman–Crippen MR) is 107 cm³/mol. The van der Waals surface area contributed by atoms with E-state index in [1.807, 2.05) is 36.1 Å². The van der Waals surface area contributed by atoms with Gasteiger partial charge >= 0.3 is 0 Å². The van der Waals surface area contributed by atoms with Crippen LogP contribution in [0.25, 0.3) is 11.4 Å². The van der Waals surface area contributed by atoms with Crippen LogP contribution in [0.15, 0.2) is 48.5 Å². The van der Waals surface area contributed by atoms with Crippen LogP contribution in [0.5, 0.6) is 0 Å². The summed E-state index contributed by atoms with van der Waals surface area (Å²) in [5, 5.41) is 0. The summed E-state index contributed by atoms with van der Waals surface area (Å²) in [6, 6.07) is 16.5. The van der Waals surface area contributed by atoms with Crippen molar-refractivity contribution in [3.63, 3.8) is 0 Å². The van der Waals surface area contributed by atoms with Gasteiger partial charge in [-0.1, -0.05) is 48.0 Å². The van der Waals surface area contributed by atoms with E-state index in [4.69, 9.17) is 4.74 Å². The Kier molecular flexibility index (Phi) is 3.88. The number of carbonyl (C=O) groups excluding carboxylic acids is 1. The van der Waals surface area contributed by atoms with Gasteiger partial charge in [-0.2, -0.15) is 0 Å². The number of aryl methyl sites for hydroxylation is 2. The molecule has 2 aromatic carbocycles. The number of nitrogens with one attached hydrogen (secondary N) is 1. The Morgan fingerprint density at radius 3 is 2.89 bits per heavy atom. The van der Waals surface area contributed by atoms with Gasteiger partial charge in [0.15, 0.2) is 0 Å². The van der Waals surface area contributed by atoms with Gasteiger partial charge in [0.25, 0.3) is 5.91 Å². The Morgan fingerprint density at radius 2 is 2.04 bits per heavy atom. The van der Waals surface area contributed by atoms with Crippen molar-refractivity contribution in [2.75, 3.05) is 13.1 Å². The summed E-state index contributed by atoms with van der Waals surface area (Å²) in [5.74, 6) is 0.707. The molecule has 0 saturated carbocycles. The molecular formula is C23H23N3O2. The molecule has 1 fully saturated rings. The highest BCUT2D eigenvalue weighted by molar-refractivity contribution is 5.94. The Bertz CT molecular complexity index is 1070. The number of rotatable bonds is 2. The molecule has 5 rings (SSSR count). The second-order valence-electron chi connectivity index (χ2n) is 7.85. The average molecular weight is 373 g/mol. The molecular weight excluding hydrogens is 350 g/mol. The van der Waals surface area contributed by atoms with E-state index >= 15 is 0 Å². The van der Waals surface area contributed by atoms with Crippen molar-refractivity contribution in [2.24, 2.45) is 0 Å². The van der Waals surface area contributed by atoms with Gasteiger partial charge < -0.3 is 14.6 Å². The fourth-order valence-corrected chi connectivity index (χ4v) is 4.42. The quantitative estimate of drug-likeness (QED) is 0.740. The SMILES string of the molecule is Cc1cccc(-c2nc(C(=O)N3CCC4(C3)OCc3ccccc34)c(C)[nH]2)c1. The molecule has 1 amide bonds. The van der Waals surface area contributed by atoms with Gasteiger partial charge in [0.2, 0.25) is 0 Å². The van der Waals surface area contributed by atoms with Crippen molar-refractivity contribution in [3.05, 3.63) is 76.6 Å². The highest BCUT2D eigenvalue weighted by Crippen LogP contribution is 2.43. The third-order valence-corrected chi connectivity index (χ3v) is 5.91. The number of carbonyl (C=O) groups is 1. The number of hydrogen-bond acceptors (Lipinski definition) is 3. The van der Waals surface area contributed by atoms with Crippen molar-refractivity contribution < 1.29 is 9.53 Å². The molecule has 1 atom stereocenters. The summed E-state index contributed by atoms with van der Waals surface area (Å²) in [6.07, 6.45) is 0.823. The van der Waals surface area contributed by atoms with Crippen molar-refractivity contribution >= 4 is 5.91 Å². The number of aromatic amines is 1. The number of nitrogens with zero attached hydrogens (tertiary/aromatic N) is 2. The first kappa shape index (κ1) is 17.2. The number of benzene rings is 2. The topological polar surface area (TPSA) is 58.2 Å². The molecule has 0 radical (unpaired) electrons. The summed E-state index contributed by atoms with van der Waals surface area (Å²) in [5.41, 5.74) is 5.55. The minimum atomic E-state index is -0.365. The van der Waals surface area contributed by atoms with E-state index in [0.717, 1.165) is 29.1 Å². The summed E-state index contributed by atoms with van der Waals surface area (Å²) >= 11 is 0. The van der Waals surface area contributed by atoms with Crippen molar-refractivity contribution in [1.82, 2.24) is 14.9 Å². The van der Waals surface area contributed by atoms with E-state index in [2.05, 4.69) is 41.2 Å². The molecule has 1 aromatic heterocycles. The number of H-pyrrole nitrogens is 1. The van der Waals surface area contributed by atoms with Gasteiger partial charge in [0.1, 0.15) is 17.1 Å². The Labute approximate surface area is 164 Å². The Hall–Kier alpha value is -2.92. The molecule has 1 N–H and O–H groups in total. The van der Waals surface area contributed by atoms with Crippen LogP contribution >= 0.6 is 0 Å². The number of hydrogen-bond donors (Lipinski definition) is 1. The largest absolute Gasteiger partial charge is 0.364 e. The third-order valence-electron chi connectivity index (χ3n) is 5.91. The van der Waals surface area contributed by atoms with Crippen molar-refractivity contribution in [2.45, 2.75) is 32.5 Å². The number of fused-ring (bicyclic) bond motifs is 2. The van der Waals surface area contributed by atoms with Gasteiger partial charge in [0.05, 0.1) is 13.2 Å². The maximum Gasteiger partial charge on any atom is 0.274 e. The van der Waals surface area contributed by atoms with Crippen LogP contribution in [0, 0.1) is 13.8 Å². The van der Waals surface area contributed by atoms with Gasteiger partial charge in [-0.05, 0) is 37.5 Å². The van der Waals surface area contributed by atoms with Crippen LogP contribution in [-0.4, -0.2) is 33.9 Å². The van der Waals surface area contributed by atoms with E-state index in [1.54, 1.807) is 0 Å². The van der Waals surface area contributed by atoms with Crippen LogP contribution in [0.3, 0.4) is 0 Å². The van der Waals surface area contributed by atoms with Crippen molar-refractivity contribution in [1.29, 1.82) is 0 Å². The maximum absolute atomic E-state index is 13.2. The zero-order valence-corrected chi connectivity index (χ0v) is 16.2. The maximum atomic E-state index is 13.2. The van der Waals surface area contributed by atoms with Crippen LogP contribution in [-0.2, 0) is 16.9 Å². The minimum Gasteiger partial charge on any atom is -0.364 e. The zero-order chi connectivity index (χ0) is 19.3. The van der Waals surface area contributed by atoms with Crippen LogP contribution in [0.2, 0.25) is 0 Å². The molecule has 0 aliphatic carbocycles. The third kappa shape index (κ3) is 2.66. The van der Waals surface area contributed by atoms with Gasteiger partial charge in [-0.3, -0.25) is 4.79 Å². The normalized spacial score (nSPS) is 20.7. The predicted octanol–water partition coefficient (Wildman–Crippen LogP) is 3.97. The monoisotopic (exact) mass is 373 g/mol. The highest BCUT2D eigenvalue weighted by Gasteiger charge is 2.47. The zero-order valence-electron chi connectivity index (χ0n) is 16.2. The molecule has 5 nitrogen and oxygen atoms in total. The van der Waals surface area contributed by atoms with Crippen LogP contribution < -0.4 is 0 Å². The van der Waals surface area contributed by atoms with Crippen LogP contribution in [0.4, 0.5) is 0 Å². The lowest BCUT2D eigenvalue weighted by Gasteiger charge is -2.24. The Balaban J connectivity index is 1.41. The molecule has 28 heavy (non-hydrogen) atoms. The van der Waals surface area contributed by atoms with E-state index in [9.17, 15) is 4.79 Å². The van der Waals surface area contributed by atoms with E-state index in [1.165, 1.54) is 11.1 Å². The van der Waals surface area contributed by atoms with Crippen LogP contribution in [0.1, 0.15) is 39.3 Å². The van der Waals surface area contributed by atoms with Gasteiger partial charge in [-0.25, -0.2) is 4.98 Å². The summed E-state index contributed by atoms with van der Waals surface area (Å²) < 4.78 is 6.18. The first-order valence-electron chi connectivity index (χ1n) is 9.71. The fourth-order valence-electron chi connectivity index (χ4n) is 4.42. The number of imidazole rings is 1. The standard InChI is InChI=1S/C23H23N3O2/c1-15-6-5-8-17(12-15)21-24-16(2)20(25-21)22(27)26-11-10-23(14-26)19-9-4-3-7-18(19)13-28-23/h3-9,12H,10-11,13-14H2,1-2H3,(H,24,25). The van der Waals surface area contributed by atoms with E-state index in [-0.39, 0.29) is 11.5 Å². The van der Waals surface area contributed by atoms with Crippen molar-refractivity contribution in [3.8, 4) is 11.4 Å². The molecule has 1 unspecified atom stereocenters. The second-order valence-corrected chi connectivity index (χ2v) is 7.85.